The van der Waals surface area contributed by atoms with Gasteiger partial charge >= 0.3 is 0 Å². The van der Waals surface area contributed by atoms with Gasteiger partial charge in [0.25, 0.3) is 0 Å². The number of nitrogens with one attached hydrogen (secondary N) is 2. The molecule has 0 aliphatic carbocycles. The van der Waals surface area contributed by atoms with Crippen LogP contribution in [0.15, 0.2) is 36.7 Å². The Balaban J connectivity index is 2.03. The summed E-state index contributed by atoms with van der Waals surface area (Å²) in [4.78, 5) is 11.2. The highest BCUT2D eigenvalue weighted by molar-refractivity contribution is 5.90. The molecule has 0 saturated carbocycles. The van der Waals surface area contributed by atoms with Crippen LogP contribution in [0.1, 0.15) is 25.0 Å². The molecule has 2 N–H and O–H groups in total. The minimum absolute atomic E-state index is 0.0507. The average molecular weight is 271 g/mol. The second-order valence-electron chi connectivity index (χ2n) is 4.91. The van der Waals surface area contributed by atoms with Gasteiger partial charge in [0.1, 0.15) is 0 Å². The maximum atomic E-state index is 11.2. The van der Waals surface area contributed by atoms with Crippen molar-refractivity contribution < 1.29 is 4.79 Å². The molecule has 0 bridgehead atoms. The van der Waals surface area contributed by atoms with Gasteiger partial charge in [0.05, 0.1) is 0 Å². The molecular weight excluding hydrogens is 250 g/mol. The first kappa shape index (κ1) is 14.2. The lowest BCUT2D eigenvalue weighted by molar-refractivity contribution is -0.114. The van der Waals surface area contributed by atoms with Gasteiger partial charge < -0.3 is 15.2 Å². The molecular formula is C16H21N3O. The molecule has 2 aromatic rings. The van der Waals surface area contributed by atoms with Crippen LogP contribution in [-0.2, 0) is 17.9 Å². The predicted molar refractivity (Wildman–Crippen MR) is 82.9 cm³/mol. The highest BCUT2D eigenvalue weighted by Gasteiger charge is 2.02. The first-order chi connectivity index (χ1) is 9.58. The summed E-state index contributed by atoms with van der Waals surface area (Å²) in [5.74, 6) is -0.0507. The van der Waals surface area contributed by atoms with Gasteiger partial charge in [-0.05, 0) is 43.2 Å². The predicted octanol–water partition coefficient (Wildman–Crippen LogP) is 3.39. The third-order valence-electron chi connectivity index (χ3n) is 3.22. The van der Waals surface area contributed by atoms with Crippen molar-refractivity contribution in [3.05, 3.63) is 47.8 Å². The maximum Gasteiger partial charge on any atom is 0.221 e. The van der Waals surface area contributed by atoms with E-state index in [4.69, 9.17) is 0 Å². The number of nitrogens with zero attached hydrogens (tertiary/aromatic N) is 1. The van der Waals surface area contributed by atoms with Crippen LogP contribution in [0.25, 0.3) is 0 Å². The number of carbonyl (C=O) groups is 1. The second kappa shape index (κ2) is 6.28. The van der Waals surface area contributed by atoms with Crippen molar-refractivity contribution in [2.45, 2.75) is 33.9 Å². The molecule has 0 radical (unpaired) electrons. The Morgan fingerprint density at radius 2 is 2.10 bits per heavy atom. The third-order valence-corrected chi connectivity index (χ3v) is 3.22. The van der Waals surface area contributed by atoms with Crippen molar-refractivity contribution in [2.75, 3.05) is 10.6 Å². The van der Waals surface area contributed by atoms with Crippen molar-refractivity contribution in [3.8, 4) is 0 Å². The topological polar surface area (TPSA) is 46.1 Å². The lowest BCUT2D eigenvalue weighted by Crippen LogP contribution is -2.08. The van der Waals surface area contributed by atoms with Gasteiger partial charge in [-0.3, -0.25) is 4.79 Å². The molecule has 1 heterocycles. The van der Waals surface area contributed by atoms with Crippen molar-refractivity contribution in [1.82, 2.24) is 4.57 Å². The Morgan fingerprint density at radius 3 is 2.75 bits per heavy atom. The molecule has 4 nitrogen and oxygen atoms in total. The van der Waals surface area contributed by atoms with Crippen LogP contribution in [0.2, 0.25) is 0 Å². The minimum Gasteiger partial charge on any atom is -0.381 e. The van der Waals surface area contributed by atoms with Crippen molar-refractivity contribution in [3.63, 3.8) is 0 Å². The molecule has 20 heavy (non-hydrogen) atoms. The van der Waals surface area contributed by atoms with Crippen LogP contribution in [-0.4, -0.2) is 10.5 Å². The van der Waals surface area contributed by atoms with Crippen molar-refractivity contribution >= 4 is 17.3 Å². The zero-order valence-corrected chi connectivity index (χ0v) is 12.2. The number of carbonyl (C=O) groups excluding carboxylic acids is 1. The molecule has 0 aliphatic rings. The zero-order chi connectivity index (χ0) is 14.5. The molecule has 4 heteroatoms. The number of aryl methyl sites for hydroxylation is 2. The number of rotatable bonds is 5. The van der Waals surface area contributed by atoms with Crippen LogP contribution in [0.3, 0.4) is 0 Å². The maximum absolute atomic E-state index is 11.2. The van der Waals surface area contributed by atoms with E-state index < -0.39 is 0 Å². The summed E-state index contributed by atoms with van der Waals surface area (Å²) in [5, 5.41) is 6.22. The SMILES string of the molecule is CCn1ccc(CNc2ccc(C)c(NC(C)=O)c2)c1. The van der Waals surface area contributed by atoms with Crippen LogP contribution in [0, 0.1) is 6.92 Å². The molecule has 1 aromatic carbocycles. The summed E-state index contributed by atoms with van der Waals surface area (Å²) in [6.07, 6.45) is 4.21. The minimum atomic E-state index is -0.0507. The normalized spacial score (nSPS) is 10.3. The van der Waals surface area contributed by atoms with E-state index in [-0.39, 0.29) is 5.91 Å². The fourth-order valence-corrected chi connectivity index (χ4v) is 2.05. The van der Waals surface area contributed by atoms with E-state index >= 15 is 0 Å². The Hall–Kier alpha value is -2.23. The van der Waals surface area contributed by atoms with E-state index in [2.05, 4.69) is 40.6 Å². The molecule has 1 amide bonds. The first-order valence-corrected chi connectivity index (χ1v) is 6.85. The van der Waals surface area contributed by atoms with Gasteiger partial charge in [0.2, 0.25) is 5.91 Å². The van der Waals surface area contributed by atoms with Gasteiger partial charge in [0.15, 0.2) is 0 Å². The Kier molecular flexibility index (Phi) is 4.45. The van der Waals surface area contributed by atoms with Gasteiger partial charge in [-0.25, -0.2) is 0 Å². The van der Waals surface area contributed by atoms with Crippen LogP contribution in [0.5, 0.6) is 0 Å². The van der Waals surface area contributed by atoms with E-state index in [0.717, 1.165) is 30.0 Å². The van der Waals surface area contributed by atoms with Crippen LogP contribution in [0.4, 0.5) is 11.4 Å². The van der Waals surface area contributed by atoms with Crippen molar-refractivity contribution in [1.29, 1.82) is 0 Å². The summed E-state index contributed by atoms with van der Waals surface area (Å²) < 4.78 is 2.15. The standard InChI is InChI=1S/C16H21N3O/c1-4-19-8-7-14(11-19)10-17-15-6-5-12(2)16(9-15)18-13(3)20/h5-9,11,17H,4,10H2,1-3H3,(H,18,20). The highest BCUT2D eigenvalue weighted by atomic mass is 16.1. The summed E-state index contributed by atoms with van der Waals surface area (Å²) in [6.45, 7) is 7.38. The second-order valence-corrected chi connectivity index (χ2v) is 4.91. The first-order valence-electron chi connectivity index (χ1n) is 6.85. The summed E-state index contributed by atoms with van der Waals surface area (Å²) in [5.41, 5.74) is 4.16. The largest absolute Gasteiger partial charge is 0.381 e. The average Bonchev–Trinajstić information content (AvgIpc) is 2.87. The number of aromatic nitrogens is 1. The number of hydrogen-bond donors (Lipinski definition) is 2. The quantitative estimate of drug-likeness (QED) is 0.875. The van der Waals surface area contributed by atoms with E-state index in [1.165, 1.54) is 12.5 Å². The van der Waals surface area contributed by atoms with Gasteiger partial charge in [-0.1, -0.05) is 6.07 Å². The van der Waals surface area contributed by atoms with Crippen molar-refractivity contribution in [2.24, 2.45) is 0 Å². The van der Waals surface area contributed by atoms with Crippen LogP contribution >= 0.6 is 0 Å². The van der Waals surface area contributed by atoms with E-state index in [9.17, 15) is 4.79 Å². The molecule has 0 unspecified atom stereocenters. The van der Waals surface area contributed by atoms with E-state index in [0.29, 0.717) is 0 Å². The fourth-order valence-electron chi connectivity index (χ4n) is 2.05. The highest BCUT2D eigenvalue weighted by Crippen LogP contribution is 2.20. The molecule has 0 fully saturated rings. The zero-order valence-electron chi connectivity index (χ0n) is 12.2. The molecule has 0 saturated heterocycles. The number of benzene rings is 1. The summed E-state index contributed by atoms with van der Waals surface area (Å²) in [7, 11) is 0. The Bertz CT molecular complexity index is 602. The molecule has 1 aromatic heterocycles. The van der Waals surface area contributed by atoms with E-state index in [1.54, 1.807) is 0 Å². The van der Waals surface area contributed by atoms with E-state index in [1.807, 2.05) is 25.1 Å². The molecule has 2 rings (SSSR count). The number of hydrogen-bond acceptors (Lipinski definition) is 2. The van der Waals surface area contributed by atoms with Crippen LogP contribution < -0.4 is 10.6 Å². The monoisotopic (exact) mass is 271 g/mol. The lowest BCUT2D eigenvalue weighted by atomic mass is 10.1. The smallest absolute Gasteiger partial charge is 0.221 e. The number of anilines is 2. The molecule has 0 atom stereocenters. The molecule has 0 spiro atoms. The Morgan fingerprint density at radius 1 is 1.30 bits per heavy atom. The van der Waals surface area contributed by atoms with Gasteiger partial charge in [-0.2, -0.15) is 0 Å². The molecule has 0 aliphatic heterocycles. The lowest BCUT2D eigenvalue weighted by Gasteiger charge is -2.10. The van der Waals surface area contributed by atoms with Gasteiger partial charge in [0, 0.05) is 43.8 Å². The third kappa shape index (κ3) is 3.63. The molecule has 106 valence electrons. The summed E-state index contributed by atoms with van der Waals surface area (Å²) in [6, 6.07) is 8.11. The van der Waals surface area contributed by atoms with Gasteiger partial charge in [-0.15, -0.1) is 0 Å². The fraction of sp³-hybridized carbons (Fsp3) is 0.312. The number of amides is 1. The Labute approximate surface area is 119 Å². The summed E-state index contributed by atoms with van der Waals surface area (Å²) >= 11 is 0.